The minimum atomic E-state index is -4.90. The van der Waals surface area contributed by atoms with E-state index in [0.29, 0.717) is 56.7 Å². The molecule has 10 heteroatoms. The van der Waals surface area contributed by atoms with Crippen LogP contribution in [0.1, 0.15) is 100 Å². The molecule has 3 aromatic rings. The molecule has 1 amide bonds. The molecule has 45 heavy (non-hydrogen) atoms. The van der Waals surface area contributed by atoms with E-state index in [1.807, 2.05) is 31.2 Å². The fraction of sp³-hybridized carbons (Fsp3) is 0.429. The van der Waals surface area contributed by atoms with Crippen molar-refractivity contribution in [1.82, 2.24) is 5.32 Å². The number of carbonyl (C=O) groups excluding carboxylic acids is 3. The van der Waals surface area contributed by atoms with Crippen molar-refractivity contribution in [1.29, 1.82) is 5.41 Å². The zero-order valence-electron chi connectivity index (χ0n) is 25.7. The highest BCUT2D eigenvalue weighted by Gasteiger charge is 2.41. The third-order valence-electron chi connectivity index (χ3n) is 8.22. The first kappa shape index (κ1) is 33.7. The van der Waals surface area contributed by atoms with Crippen LogP contribution in [-0.2, 0) is 17.4 Å². The van der Waals surface area contributed by atoms with Gasteiger partial charge in [-0.2, -0.15) is 13.2 Å². The van der Waals surface area contributed by atoms with E-state index in [1.54, 1.807) is 12.1 Å². The quantitative estimate of drug-likeness (QED) is 0.0961. The number of rotatable bonds is 14. The second-order valence-electron chi connectivity index (χ2n) is 11.8. The van der Waals surface area contributed by atoms with Crippen LogP contribution in [0.15, 0.2) is 52.9 Å². The maximum absolute atomic E-state index is 13.6. The summed E-state index contributed by atoms with van der Waals surface area (Å²) in [5, 5.41) is 14.9. The normalized spacial score (nSPS) is 15.1. The number of amides is 1. The summed E-state index contributed by atoms with van der Waals surface area (Å²) >= 11 is 0. The second-order valence-corrected chi connectivity index (χ2v) is 11.8. The lowest BCUT2D eigenvalue weighted by molar-refractivity contribution is -0.153. The Morgan fingerprint density at radius 3 is 2.51 bits per heavy atom. The predicted molar refractivity (Wildman–Crippen MR) is 167 cm³/mol. The molecule has 4 rings (SSSR count). The van der Waals surface area contributed by atoms with Crippen LogP contribution in [-0.4, -0.2) is 36.3 Å². The molecule has 240 valence electrons. The number of carbonyl (C=O) groups is 3. The molecule has 0 bridgehead atoms. The summed E-state index contributed by atoms with van der Waals surface area (Å²) < 4.78 is 45.6. The first-order valence-corrected chi connectivity index (χ1v) is 15.5. The Hall–Kier alpha value is -4.21. The van der Waals surface area contributed by atoms with Gasteiger partial charge < -0.3 is 15.1 Å². The number of ketones is 2. The Bertz CT molecular complexity index is 1540. The number of Topliss-reactive ketones (excluding diaryl/α,β-unsaturated/α-hetero) is 2. The lowest BCUT2D eigenvalue weighted by Crippen LogP contribution is -2.26. The topological polar surface area (TPSA) is 112 Å². The number of para-hydroxylation sites is 1. The van der Waals surface area contributed by atoms with Gasteiger partial charge in [0.2, 0.25) is 11.5 Å². The van der Waals surface area contributed by atoms with Gasteiger partial charge in [0.1, 0.15) is 17.3 Å². The number of aryl methyl sites for hydroxylation is 3. The van der Waals surface area contributed by atoms with Gasteiger partial charge in [-0.15, -0.1) is 0 Å². The molecule has 1 saturated carbocycles. The molecule has 7 nitrogen and oxygen atoms in total. The molecular weight excluding hydrogens is 583 g/mol. The van der Waals surface area contributed by atoms with Crippen molar-refractivity contribution >= 4 is 28.9 Å². The summed E-state index contributed by atoms with van der Waals surface area (Å²) in [5.41, 5.74) is 1.71. The molecule has 1 atom stereocenters. The molecule has 0 aliphatic heterocycles. The molecule has 1 fully saturated rings. The zero-order valence-corrected chi connectivity index (χ0v) is 25.7. The third kappa shape index (κ3) is 9.15. The van der Waals surface area contributed by atoms with Crippen molar-refractivity contribution in [3.63, 3.8) is 0 Å². The summed E-state index contributed by atoms with van der Waals surface area (Å²) in [6, 6.07) is 13.6. The average Bonchev–Trinajstić information content (AvgIpc) is 3.41. The summed E-state index contributed by atoms with van der Waals surface area (Å²) in [5.74, 6) is -2.43. The van der Waals surface area contributed by atoms with Crippen molar-refractivity contribution < 1.29 is 32.0 Å². The van der Waals surface area contributed by atoms with E-state index in [0.717, 1.165) is 43.0 Å². The van der Waals surface area contributed by atoms with E-state index in [4.69, 9.17) is 9.83 Å². The fourth-order valence-electron chi connectivity index (χ4n) is 5.81. The molecule has 2 aromatic carbocycles. The van der Waals surface area contributed by atoms with Gasteiger partial charge >= 0.3 is 6.18 Å². The standard InChI is InChI=1S/C35H40F3N3O4/c1-22-9-3-4-14-30(22)40-17-6-5-12-25-15-16-26(34(44)41-18-8-11-24-10-7-13-27(42)20-24)21-28(25)31(39)32(43)29-19-23(2)45-33(29)35(36,37)38/h3-4,9,14-16,19,21,24,39-40H,5-8,10-13,17-18,20H2,1-2H3,(H,41,44). The summed E-state index contributed by atoms with van der Waals surface area (Å²) in [6.45, 7) is 4.41. The Morgan fingerprint density at radius 1 is 1.00 bits per heavy atom. The number of hydrogen-bond donors (Lipinski definition) is 3. The monoisotopic (exact) mass is 623 g/mol. The number of alkyl halides is 3. The predicted octanol–water partition coefficient (Wildman–Crippen LogP) is 7.87. The van der Waals surface area contributed by atoms with Gasteiger partial charge in [-0.3, -0.25) is 19.8 Å². The van der Waals surface area contributed by atoms with Crippen LogP contribution in [0, 0.1) is 25.2 Å². The van der Waals surface area contributed by atoms with Crippen molar-refractivity contribution in [2.45, 2.75) is 77.8 Å². The highest BCUT2D eigenvalue weighted by molar-refractivity contribution is 6.51. The Morgan fingerprint density at radius 2 is 1.78 bits per heavy atom. The van der Waals surface area contributed by atoms with Crippen LogP contribution < -0.4 is 10.6 Å². The largest absolute Gasteiger partial charge is 0.456 e. The molecule has 1 aliphatic rings. The van der Waals surface area contributed by atoms with Gasteiger partial charge in [0.15, 0.2) is 0 Å². The number of unbranched alkanes of at least 4 members (excludes halogenated alkanes) is 1. The third-order valence-corrected chi connectivity index (χ3v) is 8.22. The molecular formula is C35H40F3N3O4. The molecule has 3 N–H and O–H groups in total. The van der Waals surface area contributed by atoms with Crippen molar-refractivity contribution in [3.8, 4) is 0 Å². The average molecular weight is 624 g/mol. The molecule has 0 spiro atoms. The zero-order chi connectivity index (χ0) is 32.6. The van der Waals surface area contributed by atoms with Crippen LogP contribution in [0.25, 0.3) is 0 Å². The molecule has 0 saturated heterocycles. The highest BCUT2D eigenvalue weighted by atomic mass is 19.4. The maximum Gasteiger partial charge on any atom is 0.450 e. The summed E-state index contributed by atoms with van der Waals surface area (Å²) in [7, 11) is 0. The van der Waals surface area contributed by atoms with Gasteiger partial charge in [-0.1, -0.05) is 24.3 Å². The minimum absolute atomic E-state index is 0.0921. The van der Waals surface area contributed by atoms with Crippen molar-refractivity contribution in [2.24, 2.45) is 5.92 Å². The Kier molecular flexibility index (Phi) is 11.4. The van der Waals surface area contributed by atoms with Crippen molar-refractivity contribution in [3.05, 3.63) is 87.9 Å². The molecule has 0 radical (unpaired) electrons. The second kappa shape index (κ2) is 15.2. The SMILES string of the molecule is Cc1cc(C(=O)C(=N)c2cc(C(=O)NCCCC3CCCC(=O)C3)ccc2CCCCNc2ccccc2C)c(C(F)(F)F)o1. The van der Waals surface area contributed by atoms with Gasteiger partial charge in [-0.05, 0) is 100 Å². The highest BCUT2D eigenvalue weighted by Crippen LogP contribution is 2.35. The Balaban J connectivity index is 1.46. The first-order valence-electron chi connectivity index (χ1n) is 15.5. The van der Waals surface area contributed by atoms with Gasteiger partial charge in [0.05, 0.1) is 5.56 Å². The number of nitrogens with one attached hydrogen (secondary N) is 3. The van der Waals surface area contributed by atoms with Crippen LogP contribution in [0.4, 0.5) is 18.9 Å². The number of benzene rings is 2. The van der Waals surface area contributed by atoms with Gasteiger partial charge in [0, 0.05) is 42.7 Å². The summed E-state index contributed by atoms with van der Waals surface area (Å²) in [4.78, 5) is 38.0. The first-order chi connectivity index (χ1) is 21.4. The lowest BCUT2D eigenvalue weighted by atomic mass is 9.85. The van der Waals surface area contributed by atoms with Crippen LogP contribution >= 0.6 is 0 Å². The smallest absolute Gasteiger partial charge is 0.450 e. The van der Waals surface area contributed by atoms with Crippen LogP contribution in [0.5, 0.6) is 0 Å². The van der Waals surface area contributed by atoms with Crippen molar-refractivity contribution in [2.75, 3.05) is 18.4 Å². The lowest BCUT2D eigenvalue weighted by Gasteiger charge is -2.20. The van der Waals surface area contributed by atoms with Gasteiger partial charge in [-0.25, -0.2) is 0 Å². The van der Waals surface area contributed by atoms with E-state index in [-0.39, 0.29) is 22.7 Å². The van der Waals surface area contributed by atoms with E-state index >= 15 is 0 Å². The summed E-state index contributed by atoms with van der Waals surface area (Å²) in [6.07, 6.45) is 1.69. The maximum atomic E-state index is 13.6. The fourth-order valence-corrected chi connectivity index (χ4v) is 5.81. The number of anilines is 1. The van der Waals surface area contributed by atoms with Crippen LogP contribution in [0.2, 0.25) is 0 Å². The van der Waals surface area contributed by atoms with E-state index in [9.17, 15) is 27.6 Å². The van der Waals surface area contributed by atoms with E-state index < -0.39 is 34.9 Å². The van der Waals surface area contributed by atoms with Gasteiger partial charge in [0.25, 0.3) is 5.91 Å². The molecule has 1 aromatic heterocycles. The minimum Gasteiger partial charge on any atom is -0.456 e. The Labute approximate surface area is 261 Å². The van der Waals surface area contributed by atoms with Crippen LogP contribution in [0.3, 0.4) is 0 Å². The number of furan rings is 1. The van der Waals surface area contributed by atoms with E-state index in [1.165, 1.54) is 13.0 Å². The molecule has 1 unspecified atom stereocenters. The number of hydrogen-bond acceptors (Lipinski definition) is 6. The number of halogens is 3. The van der Waals surface area contributed by atoms with E-state index in [2.05, 4.69) is 10.6 Å². The molecule has 1 aliphatic carbocycles. The molecule has 1 heterocycles.